The van der Waals surface area contributed by atoms with E-state index in [1.165, 1.54) is 5.56 Å². The van der Waals surface area contributed by atoms with Gasteiger partial charge in [0.2, 0.25) is 0 Å². The molecule has 0 spiro atoms. The number of rotatable bonds is 8. The van der Waals surface area contributed by atoms with Crippen LogP contribution in [0.25, 0.3) is 0 Å². The van der Waals surface area contributed by atoms with E-state index in [-0.39, 0.29) is 6.04 Å². The molecule has 0 saturated carbocycles. The summed E-state index contributed by atoms with van der Waals surface area (Å²) in [5.41, 5.74) is 2.33. The van der Waals surface area contributed by atoms with Gasteiger partial charge in [-0.2, -0.15) is 0 Å². The Hall–Kier alpha value is -1.26. The molecule has 2 aromatic rings. The third-order valence-corrected chi connectivity index (χ3v) is 3.85. The molecule has 0 bridgehead atoms. The zero-order valence-electron chi connectivity index (χ0n) is 12.6. The van der Waals surface area contributed by atoms with Gasteiger partial charge in [0.05, 0.1) is 29.6 Å². The Morgan fingerprint density at radius 3 is 2.67 bits per heavy atom. The van der Waals surface area contributed by atoms with Gasteiger partial charge >= 0.3 is 0 Å². The first-order valence-electron chi connectivity index (χ1n) is 7.44. The van der Waals surface area contributed by atoms with Gasteiger partial charge in [0.15, 0.2) is 0 Å². The zero-order valence-corrected chi connectivity index (χ0v) is 14.2. The molecule has 0 amide bonds. The van der Waals surface area contributed by atoms with Crippen molar-refractivity contribution in [3.63, 3.8) is 0 Å². The van der Waals surface area contributed by atoms with E-state index < -0.39 is 0 Å². The quantitative estimate of drug-likeness (QED) is 0.732. The van der Waals surface area contributed by atoms with Crippen LogP contribution >= 0.6 is 15.9 Å². The predicted molar refractivity (Wildman–Crippen MR) is 88.8 cm³/mol. The monoisotopic (exact) mass is 351 g/mol. The Bertz CT molecular complexity index is 540. The van der Waals surface area contributed by atoms with Crippen molar-refractivity contribution in [2.45, 2.75) is 32.7 Å². The summed E-state index contributed by atoms with van der Waals surface area (Å²) in [5, 5.41) is 3.56. The van der Waals surface area contributed by atoms with Gasteiger partial charge in [-0.3, -0.25) is 0 Å². The minimum atomic E-state index is 0.139. The molecule has 0 aliphatic rings. The van der Waals surface area contributed by atoms with Crippen LogP contribution in [0.4, 0.5) is 0 Å². The molecular weight excluding hydrogens is 330 g/mol. The van der Waals surface area contributed by atoms with Gasteiger partial charge in [0.25, 0.3) is 0 Å². The van der Waals surface area contributed by atoms with Crippen molar-refractivity contribution in [3.05, 3.63) is 52.4 Å². The lowest BCUT2D eigenvalue weighted by Crippen LogP contribution is -2.22. The highest BCUT2D eigenvalue weighted by molar-refractivity contribution is 9.10. The van der Waals surface area contributed by atoms with E-state index in [1.54, 1.807) is 12.5 Å². The van der Waals surface area contributed by atoms with E-state index in [0.717, 1.165) is 41.8 Å². The lowest BCUT2D eigenvalue weighted by atomic mass is 10.0. The number of nitrogens with one attached hydrogen (secondary N) is 1. The van der Waals surface area contributed by atoms with Crippen LogP contribution in [0.1, 0.15) is 43.9 Å². The second-order valence-corrected chi connectivity index (χ2v) is 5.84. The van der Waals surface area contributed by atoms with E-state index >= 15 is 0 Å². The number of hydrogen-bond donors (Lipinski definition) is 1. The molecule has 1 atom stereocenters. The average Bonchev–Trinajstić information content (AvgIpc) is 3.01. The van der Waals surface area contributed by atoms with E-state index in [9.17, 15) is 0 Å². The second kappa shape index (κ2) is 8.25. The molecule has 1 aromatic carbocycles. The first-order chi connectivity index (χ1) is 10.3. The molecule has 1 heterocycles. The number of benzene rings is 1. The predicted octanol–water partition coefficient (Wildman–Crippen LogP) is 4.92. The minimum Gasteiger partial charge on any atom is -0.492 e. The molecule has 114 valence electrons. The van der Waals surface area contributed by atoms with Crippen molar-refractivity contribution in [2.24, 2.45) is 0 Å². The van der Waals surface area contributed by atoms with Gasteiger partial charge in [-0.05, 0) is 59.1 Å². The maximum atomic E-state index is 5.71. The van der Waals surface area contributed by atoms with Gasteiger partial charge in [-0.1, -0.05) is 19.9 Å². The summed E-state index contributed by atoms with van der Waals surface area (Å²) < 4.78 is 11.9. The molecule has 0 saturated heterocycles. The molecule has 3 nitrogen and oxygen atoms in total. The number of hydrogen-bond acceptors (Lipinski definition) is 3. The van der Waals surface area contributed by atoms with E-state index in [0.29, 0.717) is 0 Å². The minimum absolute atomic E-state index is 0.139. The van der Waals surface area contributed by atoms with Crippen LogP contribution in [0, 0.1) is 0 Å². The van der Waals surface area contributed by atoms with E-state index in [4.69, 9.17) is 9.15 Å². The van der Waals surface area contributed by atoms with Crippen LogP contribution in [0.2, 0.25) is 0 Å². The fourth-order valence-electron chi connectivity index (χ4n) is 2.18. The third-order valence-electron chi connectivity index (χ3n) is 3.23. The lowest BCUT2D eigenvalue weighted by Gasteiger charge is -2.19. The van der Waals surface area contributed by atoms with Crippen molar-refractivity contribution in [3.8, 4) is 5.75 Å². The van der Waals surface area contributed by atoms with Crippen LogP contribution in [0.5, 0.6) is 5.75 Å². The number of ether oxygens (including phenoxy) is 1. The topological polar surface area (TPSA) is 34.4 Å². The van der Waals surface area contributed by atoms with Crippen LogP contribution < -0.4 is 10.1 Å². The summed E-state index contributed by atoms with van der Waals surface area (Å²) in [6.45, 7) is 5.96. The molecule has 0 radical (unpaired) electrons. The Morgan fingerprint density at radius 2 is 2.05 bits per heavy atom. The second-order valence-electron chi connectivity index (χ2n) is 4.98. The molecule has 1 N–H and O–H groups in total. The van der Waals surface area contributed by atoms with Gasteiger partial charge in [-0.25, -0.2) is 0 Å². The Labute approximate surface area is 134 Å². The van der Waals surface area contributed by atoms with Crippen molar-refractivity contribution in [2.75, 3.05) is 13.2 Å². The molecule has 21 heavy (non-hydrogen) atoms. The van der Waals surface area contributed by atoms with Crippen LogP contribution in [-0.2, 0) is 0 Å². The maximum Gasteiger partial charge on any atom is 0.133 e. The van der Waals surface area contributed by atoms with Crippen molar-refractivity contribution in [1.29, 1.82) is 0 Å². The molecule has 4 heteroatoms. The van der Waals surface area contributed by atoms with Gasteiger partial charge < -0.3 is 14.5 Å². The molecule has 0 aliphatic carbocycles. The van der Waals surface area contributed by atoms with Crippen LogP contribution in [0.3, 0.4) is 0 Å². The molecule has 1 unspecified atom stereocenters. The van der Waals surface area contributed by atoms with E-state index in [2.05, 4.69) is 47.2 Å². The summed E-state index contributed by atoms with van der Waals surface area (Å²) in [4.78, 5) is 0. The average molecular weight is 352 g/mol. The summed E-state index contributed by atoms with van der Waals surface area (Å²) >= 11 is 3.60. The highest BCUT2D eigenvalue weighted by atomic mass is 79.9. The van der Waals surface area contributed by atoms with Crippen LogP contribution in [-0.4, -0.2) is 13.2 Å². The van der Waals surface area contributed by atoms with Crippen molar-refractivity contribution in [1.82, 2.24) is 5.32 Å². The maximum absolute atomic E-state index is 5.71. The normalized spacial score (nSPS) is 12.3. The number of furan rings is 1. The fraction of sp³-hybridized carbons (Fsp3) is 0.412. The highest BCUT2D eigenvalue weighted by Gasteiger charge is 2.16. The first kappa shape index (κ1) is 16.1. The van der Waals surface area contributed by atoms with Gasteiger partial charge in [0.1, 0.15) is 5.75 Å². The first-order valence-corrected chi connectivity index (χ1v) is 8.23. The summed E-state index contributed by atoms with van der Waals surface area (Å²) in [7, 11) is 0. The Kier molecular flexibility index (Phi) is 6.33. The fourth-order valence-corrected chi connectivity index (χ4v) is 2.69. The Balaban J connectivity index is 2.21. The van der Waals surface area contributed by atoms with Crippen molar-refractivity contribution >= 4 is 15.9 Å². The lowest BCUT2D eigenvalue weighted by molar-refractivity contribution is 0.315. The summed E-state index contributed by atoms with van der Waals surface area (Å²) in [6.07, 6.45) is 5.60. The van der Waals surface area contributed by atoms with Crippen molar-refractivity contribution < 1.29 is 9.15 Å². The SMILES string of the molecule is CCCNC(c1ccoc1)c1ccc(OCCC)c(Br)c1. The van der Waals surface area contributed by atoms with E-state index in [1.807, 2.05) is 12.1 Å². The number of halogens is 1. The highest BCUT2D eigenvalue weighted by Crippen LogP contribution is 2.31. The molecule has 1 aromatic heterocycles. The molecule has 2 rings (SSSR count). The van der Waals surface area contributed by atoms with Crippen LogP contribution in [0.15, 0.2) is 45.7 Å². The summed E-state index contributed by atoms with van der Waals surface area (Å²) in [6, 6.07) is 8.39. The van der Waals surface area contributed by atoms with Gasteiger partial charge in [0, 0.05) is 5.56 Å². The molecular formula is C17H22BrNO2. The summed E-state index contributed by atoms with van der Waals surface area (Å²) in [5.74, 6) is 0.891. The van der Waals surface area contributed by atoms with Gasteiger partial charge in [-0.15, -0.1) is 0 Å². The molecule has 0 aliphatic heterocycles. The standard InChI is InChI=1S/C17H22BrNO2/c1-3-8-19-17(14-7-10-20-12-14)13-5-6-16(15(18)11-13)21-9-4-2/h5-7,10-12,17,19H,3-4,8-9H2,1-2H3. The third kappa shape index (κ3) is 4.35. The largest absolute Gasteiger partial charge is 0.492 e. The Morgan fingerprint density at radius 1 is 1.19 bits per heavy atom. The zero-order chi connectivity index (χ0) is 15.1. The molecule has 0 fully saturated rings. The smallest absolute Gasteiger partial charge is 0.133 e.